The Kier molecular flexibility index (Phi) is 4.97. The van der Waals surface area contributed by atoms with E-state index in [1.54, 1.807) is 6.07 Å². The molecule has 1 N–H and O–H groups in total. The molecule has 0 saturated carbocycles. The number of hydrogen-bond donors (Lipinski definition) is 1. The molecule has 122 valence electrons. The number of benzene rings is 2. The predicted octanol–water partition coefficient (Wildman–Crippen LogP) is 2.59. The van der Waals surface area contributed by atoms with Gasteiger partial charge in [-0.1, -0.05) is 36.4 Å². The fraction of sp³-hybridized carbons (Fsp3) is 0.263. The number of rotatable bonds is 3. The number of piperazine rings is 1. The van der Waals surface area contributed by atoms with Gasteiger partial charge in [-0.05, 0) is 23.8 Å². The molecule has 0 unspecified atom stereocenters. The number of amides is 2. The number of nitrogens with zero attached hydrogens (tertiary/aromatic N) is 3. The van der Waals surface area contributed by atoms with E-state index in [-0.39, 0.29) is 6.03 Å². The summed E-state index contributed by atoms with van der Waals surface area (Å²) < 4.78 is 0. The molecule has 0 radical (unpaired) electrons. The third-order valence-corrected chi connectivity index (χ3v) is 4.19. The van der Waals surface area contributed by atoms with Crippen LogP contribution in [0.3, 0.4) is 0 Å². The van der Waals surface area contributed by atoms with Gasteiger partial charge in [-0.15, -0.1) is 0 Å². The minimum Gasteiger partial charge on any atom is -0.368 e. The first kappa shape index (κ1) is 15.9. The van der Waals surface area contributed by atoms with Crippen LogP contribution in [0.1, 0.15) is 11.1 Å². The van der Waals surface area contributed by atoms with Crippen molar-refractivity contribution in [2.75, 3.05) is 31.1 Å². The van der Waals surface area contributed by atoms with E-state index < -0.39 is 0 Å². The molecular weight excluding hydrogens is 300 g/mol. The number of nitrogens with one attached hydrogen (secondary N) is 1. The van der Waals surface area contributed by atoms with Crippen LogP contribution in [0.15, 0.2) is 54.6 Å². The van der Waals surface area contributed by atoms with Crippen LogP contribution in [0.4, 0.5) is 10.5 Å². The van der Waals surface area contributed by atoms with E-state index in [1.807, 2.05) is 53.4 Å². The van der Waals surface area contributed by atoms with E-state index in [4.69, 9.17) is 5.26 Å². The summed E-state index contributed by atoms with van der Waals surface area (Å²) in [4.78, 5) is 16.3. The van der Waals surface area contributed by atoms with Crippen LogP contribution in [0, 0.1) is 11.3 Å². The number of urea groups is 1. The summed E-state index contributed by atoms with van der Waals surface area (Å²) in [6.07, 6.45) is 0. The van der Waals surface area contributed by atoms with Gasteiger partial charge in [0.15, 0.2) is 0 Å². The fourth-order valence-corrected chi connectivity index (χ4v) is 2.83. The normalized spacial score (nSPS) is 14.1. The molecule has 1 aliphatic heterocycles. The molecule has 24 heavy (non-hydrogen) atoms. The van der Waals surface area contributed by atoms with Gasteiger partial charge in [0.1, 0.15) is 0 Å². The Bertz CT molecular complexity index is 731. The SMILES string of the molecule is N#Cc1cccc(N2CCN(C(=O)NCc3ccccc3)CC2)c1. The highest BCUT2D eigenvalue weighted by Gasteiger charge is 2.21. The predicted molar refractivity (Wildman–Crippen MR) is 93.6 cm³/mol. The van der Waals surface area contributed by atoms with Gasteiger partial charge in [0.05, 0.1) is 11.6 Å². The molecule has 5 heteroatoms. The van der Waals surface area contributed by atoms with Crippen molar-refractivity contribution < 1.29 is 4.79 Å². The quantitative estimate of drug-likeness (QED) is 0.945. The molecule has 5 nitrogen and oxygen atoms in total. The van der Waals surface area contributed by atoms with E-state index in [2.05, 4.69) is 16.3 Å². The largest absolute Gasteiger partial charge is 0.368 e. The summed E-state index contributed by atoms with van der Waals surface area (Å²) in [6.45, 7) is 3.44. The van der Waals surface area contributed by atoms with Gasteiger partial charge in [0.2, 0.25) is 0 Å². The van der Waals surface area contributed by atoms with Gasteiger partial charge < -0.3 is 15.1 Å². The van der Waals surface area contributed by atoms with Crippen molar-refractivity contribution in [3.05, 3.63) is 65.7 Å². The molecule has 1 heterocycles. The van der Waals surface area contributed by atoms with E-state index in [1.165, 1.54) is 0 Å². The van der Waals surface area contributed by atoms with Crippen LogP contribution >= 0.6 is 0 Å². The molecule has 3 rings (SSSR count). The Labute approximate surface area is 142 Å². The lowest BCUT2D eigenvalue weighted by atomic mass is 10.2. The van der Waals surface area contributed by atoms with Crippen LogP contribution in [0.5, 0.6) is 0 Å². The van der Waals surface area contributed by atoms with E-state index in [0.29, 0.717) is 25.2 Å². The number of carbonyl (C=O) groups excluding carboxylic acids is 1. The zero-order chi connectivity index (χ0) is 16.8. The van der Waals surface area contributed by atoms with Gasteiger partial charge in [-0.2, -0.15) is 5.26 Å². The molecule has 2 amide bonds. The van der Waals surface area contributed by atoms with Crippen molar-refractivity contribution in [2.45, 2.75) is 6.54 Å². The molecular formula is C19H20N4O. The summed E-state index contributed by atoms with van der Waals surface area (Å²) >= 11 is 0. The third kappa shape index (κ3) is 3.85. The molecule has 0 bridgehead atoms. The Balaban J connectivity index is 1.51. The van der Waals surface area contributed by atoms with Crippen molar-refractivity contribution in [2.24, 2.45) is 0 Å². The summed E-state index contributed by atoms with van der Waals surface area (Å²) in [7, 11) is 0. The molecule has 1 fully saturated rings. The van der Waals surface area contributed by atoms with E-state index in [0.717, 1.165) is 24.3 Å². The van der Waals surface area contributed by atoms with Gasteiger partial charge in [-0.25, -0.2) is 4.79 Å². The highest BCUT2D eigenvalue weighted by Crippen LogP contribution is 2.17. The van der Waals surface area contributed by atoms with Crippen molar-refractivity contribution in [3.63, 3.8) is 0 Å². The number of carbonyl (C=O) groups is 1. The first-order valence-electron chi connectivity index (χ1n) is 8.08. The maximum atomic E-state index is 12.3. The average molecular weight is 320 g/mol. The molecule has 2 aromatic carbocycles. The monoisotopic (exact) mass is 320 g/mol. The zero-order valence-electron chi connectivity index (χ0n) is 13.5. The van der Waals surface area contributed by atoms with Crippen molar-refractivity contribution in [1.29, 1.82) is 5.26 Å². The minimum atomic E-state index is -0.0238. The van der Waals surface area contributed by atoms with Crippen LogP contribution < -0.4 is 10.2 Å². The number of anilines is 1. The Hall–Kier alpha value is -3.00. The van der Waals surface area contributed by atoms with Gasteiger partial charge in [0.25, 0.3) is 0 Å². The van der Waals surface area contributed by atoms with Crippen LogP contribution in [-0.2, 0) is 6.54 Å². The van der Waals surface area contributed by atoms with Crippen molar-refractivity contribution in [3.8, 4) is 6.07 Å². The van der Waals surface area contributed by atoms with E-state index >= 15 is 0 Å². The molecule has 0 aromatic heterocycles. The number of nitriles is 1. The molecule has 2 aromatic rings. The van der Waals surface area contributed by atoms with E-state index in [9.17, 15) is 4.79 Å². The van der Waals surface area contributed by atoms with Crippen LogP contribution in [-0.4, -0.2) is 37.1 Å². The topological polar surface area (TPSA) is 59.4 Å². The van der Waals surface area contributed by atoms with Crippen LogP contribution in [0.2, 0.25) is 0 Å². The summed E-state index contributed by atoms with van der Waals surface area (Å²) in [5.41, 5.74) is 2.80. The number of hydrogen-bond acceptors (Lipinski definition) is 3. The second kappa shape index (κ2) is 7.51. The highest BCUT2D eigenvalue weighted by molar-refractivity contribution is 5.74. The lowest BCUT2D eigenvalue weighted by Crippen LogP contribution is -2.51. The van der Waals surface area contributed by atoms with Crippen molar-refractivity contribution in [1.82, 2.24) is 10.2 Å². The molecule has 0 atom stereocenters. The Morgan fingerprint density at radius 1 is 1.04 bits per heavy atom. The minimum absolute atomic E-state index is 0.0238. The molecule has 1 saturated heterocycles. The first-order valence-corrected chi connectivity index (χ1v) is 8.08. The Morgan fingerprint density at radius 2 is 1.79 bits per heavy atom. The summed E-state index contributed by atoms with van der Waals surface area (Å²) in [5.74, 6) is 0. The second-order valence-electron chi connectivity index (χ2n) is 5.78. The maximum Gasteiger partial charge on any atom is 0.317 e. The smallest absolute Gasteiger partial charge is 0.317 e. The Morgan fingerprint density at radius 3 is 2.50 bits per heavy atom. The van der Waals surface area contributed by atoms with Crippen molar-refractivity contribution >= 4 is 11.7 Å². The molecule has 0 spiro atoms. The van der Waals surface area contributed by atoms with Crippen LogP contribution in [0.25, 0.3) is 0 Å². The molecule has 0 aliphatic carbocycles. The third-order valence-electron chi connectivity index (χ3n) is 4.19. The highest BCUT2D eigenvalue weighted by atomic mass is 16.2. The van der Waals surface area contributed by atoms with Gasteiger partial charge in [0, 0.05) is 38.4 Å². The second-order valence-corrected chi connectivity index (χ2v) is 5.78. The molecule has 1 aliphatic rings. The first-order chi connectivity index (χ1) is 11.8. The lowest BCUT2D eigenvalue weighted by Gasteiger charge is -2.36. The average Bonchev–Trinajstić information content (AvgIpc) is 2.67. The zero-order valence-corrected chi connectivity index (χ0v) is 13.5. The van der Waals surface area contributed by atoms with Gasteiger partial charge >= 0.3 is 6.03 Å². The standard InChI is InChI=1S/C19H20N4O/c20-14-17-7-4-8-18(13-17)22-9-11-23(12-10-22)19(24)21-15-16-5-2-1-3-6-16/h1-8,13H,9-12,15H2,(H,21,24). The fourth-order valence-electron chi connectivity index (χ4n) is 2.83. The summed E-state index contributed by atoms with van der Waals surface area (Å²) in [6, 6.07) is 19.6. The summed E-state index contributed by atoms with van der Waals surface area (Å²) in [5, 5.41) is 12.0. The van der Waals surface area contributed by atoms with Gasteiger partial charge in [-0.3, -0.25) is 0 Å². The lowest BCUT2D eigenvalue weighted by molar-refractivity contribution is 0.194. The maximum absolute atomic E-state index is 12.3.